The van der Waals surface area contributed by atoms with Gasteiger partial charge in [-0.2, -0.15) is 4.98 Å². The quantitative estimate of drug-likeness (QED) is 0.628. The maximum atomic E-state index is 12.7. The molecule has 2 aliphatic heterocycles. The van der Waals surface area contributed by atoms with Gasteiger partial charge in [-0.25, -0.2) is 0 Å². The molecule has 1 amide bonds. The average molecular weight is 433 g/mol. The van der Waals surface area contributed by atoms with Gasteiger partial charge in [-0.3, -0.25) is 9.69 Å². The first-order chi connectivity index (χ1) is 15.7. The van der Waals surface area contributed by atoms with Crippen molar-refractivity contribution in [3.05, 3.63) is 59.7 Å². The van der Waals surface area contributed by atoms with Crippen molar-refractivity contribution in [3.63, 3.8) is 0 Å². The number of anilines is 1. The van der Waals surface area contributed by atoms with Crippen LogP contribution in [0.2, 0.25) is 0 Å². The molecule has 32 heavy (non-hydrogen) atoms. The molecule has 3 heterocycles. The van der Waals surface area contributed by atoms with Crippen molar-refractivity contribution in [3.8, 4) is 0 Å². The second kappa shape index (κ2) is 9.74. The number of nitrogens with one attached hydrogen (secondary N) is 1. The molecule has 0 bridgehead atoms. The number of hydrogen-bond acceptors (Lipinski definition) is 5. The fourth-order valence-corrected chi connectivity index (χ4v) is 4.80. The topological polar surface area (TPSA) is 61.6 Å². The summed E-state index contributed by atoms with van der Waals surface area (Å²) in [5.41, 5.74) is 4.20. The number of amides is 1. The first kappa shape index (κ1) is 21.0. The van der Waals surface area contributed by atoms with Crippen LogP contribution in [0.15, 0.2) is 52.9 Å². The molecular weight excluding hydrogens is 400 g/mol. The summed E-state index contributed by atoms with van der Waals surface area (Å²) in [6.45, 7) is 5.62. The summed E-state index contributed by atoms with van der Waals surface area (Å²) in [5.74, 6) is 0.202. The Morgan fingerprint density at radius 1 is 0.938 bits per heavy atom. The molecule has 0 atom stereocenters. The predicted molar refractivity (Wildman–Crippen MR) is 126 cm³/mol. The third-order valence-corrected chi connectivity index (χ3v) is 6.76. The zero-order chi connectivity index (χ0) is 21.8. The fraction of sp³-hybridized carbons (Fsp3) is 0.462. The molecule has 168 valence electrons. The third kappa shape index (κ3) is 4.96. The van der Waals surface area contributed by atoms with Crippen molar-refractivity contribution in [2.75, 3.05) is 31.1 Å². The Balaban J connectivity index is 1.08. The van der Waals surface area contributed by atoms with E-state index in [4.69, 9.17) is 4.42 Å². The summed E-state index contributed by atoms with van der Waals surface area (Å²) in [7, 11) is 0. The lowest BCUT2D eigenvalue weighted by Crippen LogP contribution is -2.40. The van der Waals surface area contributed by atoms with E-state index in [-0.39, 0.29) is 11.8 Å². The van der Waals surface area contributed by atoms with Crippen LogP contribution in [0.25, 0.3) is 11.1 Å². The number of oxazole rings is 1. The Morgan fingerprint density at radius 3 is 2.41 bits per heavy atom. The molecule has 0 saturated carbocycles. The van der Waals surface area contributed by atoms with Crippen LogP contribution in [0.3, 0.4) is 0 Å². The number of carbonyl (C=O) groups excluding carboxylic acids is 1. The molecule has 5 rings (SSSR count). The van der Waals surface area contributed by atoms with Crippen LogP contribution in [0.4, 0.5) is 6.01 Å². The molecule has 0 aliphatic carbocycles. The number of benzene rings is 2. The van der Waals surface area contributed by atoms with E-state index in [1.54, 1.807) is 0 Å². The number of rotatable bonds is 6. The molecule has 0 radical (unpaired) electrons. The molecule has 6 nitrogen and oxygen atoms in total. The minimum atomic E-state index is 0.0500. The maximum absolute atomic E-state index is 12.7. The highest BCUT2D eigenvalue weighted by atomic mass is 16.4. The van der Waals surface area contributed by atoms with Crippen molar-refractivity contribution in [1.29, 1.82) is 0 Å². The molecule has 6 heteroatoms. The molecule has 1 N–H and O–H groups in total. The molecule has 1 aromatic heterocycles. The van der Waals surface area contributed by atoms with E-state index < -0.39 is 0 Å². The number of carbonyl (C=O) groups is 1. The van der Waals surface area contributed by atoms with Gasteiger partial charge in [-0.15, -0.1) is 0 Å². The SMILES string of the molecule is O=C(NCc1ccc(CN2CCCCC2)cc1)C1CCN(c2nc3ccccc3o2)CC1. The molecule has 0 spiro atoms. The molecular formula is C26H32N4O2. The molecule has 2 fully saturated rings. The zero-order valence-corrected chi connectivity index (χ0v) is 18.6. The van der Waals surface area contributed by atoms with Crippen LogP contribution in [-0.2, 0) is 17.9 Å². The van der Waals surface area contributed by atoms with Gasteiger partial charge in [-0.05, 0) is 62.0 Å². The van der Waals surface area contributed by atoms with Crippen LogP contribution >= 0.6 is 0 Å². The monoisotopic (exact) mass is 432 g/mol. The first-order valence-corrected chi connectivity index (χ1v) is 11.9. The smallest absolute Gasteiger partial charge is 0.298 e. The van der Waals surface area contributed by atoms with Crippen LogP contribution < -0.4 is 10.2 Å². The van der Waals surface area contributed by atoms with Gasteiger partial charge in [0.15, 0.2) is 5.58 Å². The number of likely N-dealkylation sites (tertiary alicyclic amines) is 1. The highest BCUT2D eigenvalue weighted by Crippen LogP contribution is 2.26. The minimum Gasteiger partial charge on any atom is -0.423 e. The highest BCUT2D eigenvalue weighted by molar-refractivity contribution is 5.79. The van der Waals surface area contributed by atoms with Crippen LogP contribution in [0.5, 0.6) is 0 Å². The number of para-hydroxylation sites is 2. The Hall–Kier alpha value is -2.86. The van der Waals surface area contributed by atoms with E-state index in [2.05, 4.69) is 44.4 Å². The molecule has 3 aromatic rings. The summed E-state index contributed by atoms with van der Waals surface area (Å²) in [6.07, 6.45) is 5.64. The van der Waals surface area contributed by atoms with Crippen molar-refractivity contribution in [2.45, 2.75) is 45.2 Å². The maximum Gasteiger partial charge on any atom is 0.298 e. The van der Waals surface area contributed by atoms with Gasteiger partial charge in [0.1, 0.15) is 5.52 Å². The van der Waals surface area contributed by atoms with E-state index in [0.29, 0.717) is 12.6 Å². The summed E-state index contributed by atoms with van der Waals surface area (Å²) in [4.78, 5) is 22.0. The Bertz CT molecular complexity index is 998. The van der Waals surface area contributed by atoms with Gasteiger partial charge in [-0.1, -0.05) is 42.8 Å². The predicted octanol–water partition coefficient (Wildman–Crippen LogP) is 4.35. The Labute approximate surface area is 189 Å². The fourth-order valence-electron chi connectivity index (χ4n) is 4.80. The molecule has 0 unspecified atom stereocenters. The lowest BCUT2D eigenvalue weighted by atomic mass is 9.96. The Kier molecular flexibility index (Phi) is 6.39. The van der Waals surface area contributed by atoms with Crippen LogP contribution in [0.1, 0.15) is 43.2 Å². The summed E-state index contributed by atoms with van der Waals surface area (Å²) >= 11 is 0. The van der Waals surface area contributed by atoms with Gasteiger partial charge in [0.25, 0.3) is 6.01 Å². The largest absolute Gasteiger partial charge is 0.423 e. The Morgan fingerprint density at radius 2 is 1.66 bits per heavy atom. The van der Waals surface area contributed by atoms with Gasteiger partial charge in [0, 0.05) is 32.1 Å². The lowest BCUT2D eigenvalue weighted by Gasteiger charge is -2.30. The second-order valence-corrected chi connectivity index (χ2v) is 9.10. The summed E-state index contributed by atoms with van der Waals surface area (Å²) < 4.78 is 5.88. The average Bonchev–Trinajstić information content (AvgIpc) is 3.29. The standard InChI is InChI=1S/C26H32N4O2/c31-25(27-18-20-8-10-21(11-9-20)19-29-14-4-1-5-15-29)22-12-16-30(17-13-22)26-28-23-6-2-3-7-24(23)32-26/h2-3,6-11,22H,1,4-5,12-19H2,(H,27,31). The van der Waals surface area contributed by atoms with E-state index in [1.165, 1.54) is 37.9 Å². The minimum absolute atomic E-state index is 0.0500. The molecule has 2 aromatic carbocycles. The van der Waals surface area contributed by atoms with E-state index in [1.807, 2.05) is 24.3 Å². The second-order valence-electron chi connectivity index (χ2n) is 9.10. The van der Waals surface area contributed by atoms with Crippen molar-refractivity contribution in [1.82, 2.24) is 15.2 Å². The number of hydrogen-bond donors (Lipinski definition) is 1. The number of nitrogens with zero attached hydrogens (tertiary/aromatic N) is 3. The molecule has 2 aliphatic rings. The summed E-state index contributed by atoms with van der Waals surface area (Å²) in [6, 6.07) is 17.2. The summed E-state index contributed by atoms with van der Waals surface area (Å²) in [5, 5.41) is 3.14. The van der Waals surface area contributed by atoms with Crippen molar-refractivity contribution in [2.24, 2.45) is 5.92 Å². The van der Waals surface area contributed by atoms with Crippen LogP contribution in [0, 0.1) is 5.92 Å². The third-order valence-electron chi connectivity index (χ3n) is 6.76. The lowest BCUT2D eigenvalue weighted by molar-refractivity contribution is -0.125. The highest BCUT2D eigenvalue weighted by Gasteiger charge is 2.27. The van der Waals surface area contributed by atoms with Gasteiger partial charge in [0.05, 0.1) is 0 Å². The van der Waals surface area contributed by atoms with Crippen molar-refractivity contribution < 1.29 is 9.21 Å². The number of aromatic nitrogens is 1. The van der Waals surface area contributed by atoms with Gasteiger partial charge >= 0.3 is 0 Å². The number of fused-ring (bicyclic) bond motifs is 1. The zero-order valence-electron chi connectivity index (χ0n) is 18.6. The first-order valence-electron chi connectivity index (χ1n) is 11.9. The van der Waals surface area contributed by atoms with Gasteiger partial charge in [0.2, 0.25) is 5.91 Å². The van der Waals surface area contributed by atoms with Crippen molar-refractivity contribution >= 4 is 23.0 Å². The van der Waals surface area contributed by atoms with E-state index in [9.17, 15) is 4.79 Å². The normalized spacial score (nSPS) is 18.2. The van der Waals surface area contributed by atoms with E-state index in [0.717, 1.165) is 49.1 Å². The number of piperidine rings is 2. The molecule has 2 saturated heterocycles. The van der Waals surface area contributed by atoms with E-state index >= 15 is 0 Å². The van der Waals surface area contributed by atoms with Gasteiger partial charge < -0.3 is 14.6 Å². The van der Waals surface area contributed by atoms with Crippen LogP contribution in [-0.4, -0.2) is 42.0 Å².